The van der Waals surface area contributed by atoms with Crippen LogP contribution in [0.1, 0.15) is 4.88 Å². The Balaban J connectivity index is 2.37. The Morgan fingerprint density at radius 2 is 2.29 bits per heavy atom. The van der Waals surface area contributed by atoms with Gasteiger partial charge in [-0.25, -0.2) is 13.1 Å². The van der Waals surface area contributed by atoms with Crippen LogP contribution < -0.4 is 10.0 Å². The van der Waals surface area contributed by atoms with Crippen molar-refractivity contribution in [3.63, 3.8) is 0 Å². The third-order valence-corrected chi connectivity index (χ3v) is 3.87. The fraction of sp³-hybridized carbons (Fsp3) is 0.500. The summed E-state index contributed by atoms with van der Waals surface area (Å²) in [5.41, 5.74) is 0. The number of hydrogen-bond acceptors (Lipinski definition) is 4. The highest BCUT2D eigenvalue weighted by Gasteiger charge is 2.08. The van der Waals surface area contributed by atoms with E-state index in [1.165, 1.54) is 0 Å². The summed E-state index contributed by atoms with van der Waals surface area (Å²) in [6, 6.07) is 3.81. The highest BCUT2D eigenvalue weighted by atomic mass is 32.2. The minimum Gasteiger partial charge on any atom is -0.319 e. The summed E-state index contributed by atoms with van der Waals surface area (Å²) in [6.45, 7) is 0.865. The topological polar surface area (TPSA) is 58.2 Å². The van der Waals surface area contributed by atoms with Crippen LogP contribution in [0.4, 0.5) is 0 Å². The predicted molar refractivity (Wildman–Crippen MR) is 58.9 cm³/mol. The summed E-state index contributed by atoms with van der Waals surface area (Å²) in [4.78, 5) is 1.03. The molecule has 1 rings (SSSR count). The van der Waals surface area contributed by atoms with Crippen LogP contribution in [0.15, 0.2) is 17.5 Å². The van der Waals surface area contributed by atoms with Gasteiger partial charge in [-0.3, -0.25) is 0 Å². The Hall–Kier alpha value is -0.430. The van der Waals surface area contributed by atoms with Crippen LogP contribution in [0.25, 0.3) is 0 Å². The van der Waals surface area contributed by atoms with E-state index in [9.17, 15) is 8.42 Å². The van der Waals surface area contributed by atoms with E-state index >= 15 is 0 Å². The zero-order valence-electron chi connectivity index (χ0n) is 7.99. The molecule has 1 heterocycles. The molecule has 0 atom stereocenters. The smallest absolute Gasteiger partial charge is 0.213 e. The minimum atomic E-state index is -3.13. The van der Waals surface area contributed by atoms with Crippen LogP contribution in [-0.2, 0) is 16.6 Å². The summed E-state index contributed by atoms with van der Waals surface area (Å²) in [6.07, 6.45) is 0. The molecule has 0 aliphatic carbocycles. The van der Waals surface area contributed by atoms with Gasteiger partial charge in [0, 0.05) is 18.0 Å². The van der Waals surface area contributed by atoms with Crippen molar-refractivity contribution in [2.24, 2.45) is 0 Å². The molecule has 14 heavy (non-hydrogen) atoms. The maximum Gasteiger partial charge on any atom is 0.213 e. The third-order valence-electron chi connectivity index (χ3n) is 1.67. The Labute approximate surface area is 88.4 Å². The van der Waals surface area contributed by atoms with E-state index in [4.69, 9.17) is 0 Å². The Morgan fingerprint density at radius 3 is 2.86 bits per heavy atom. The normalized spacial score (nSPS) is 11.8. The molecule has 0 bridgehead atoms. The second kappa shape index (κ2) is 5.45. The van der Waals surface area contributed by atoms with E-state index in [0.29, 0.717) is 13.1 Å². The van der Waals surface area contributed by atoms with Crippen LogP contribution in [0.5, 0.6) is 0 Å². The first-order valence-electron chi connectivity index (χ1n) is 4.28. The first-order valence-corrected chi connectivity index (χ1v) is 6.81. The molecular formula is C8H14N2O2S2. The van der Waals surface area contributed by atoms with Crippen molar-refractivity contribution in [3.8, 4) is 0 Å². The van der Waals surface area contributed by atoms with E-state index < -0.39 is 10.0 Å². The number of nitrogens with one attached hydrogen (secondary N) is 2. The summed E-state index contributed by atoms with van der Waals surface area (Å²) in [5.74, 6) is 0.120. The van der Waals surface area contributed by atoms with Crippen molar-refractivity contribution in [1.29, 1.82) is 0 Å². The van der Waals surface area contributed by atoms with Crippen molar-refractivity contribution >= 4 is 21.4 Å². The number of hydrogen-bond donors (Lipinski definition) is 2. The fourth-order valence-corrected chi connectivity index (χ4v) is 2.63. The molecule has 1 aromatic rings. The van der Waals surface area contributed by atoms with Gasteiger partial charge in [0.2, 0.25) is 10.0 Å². The van der Waals surface area contributed by atoms with Gasteiger partial charge in [-0.05, 0) is 18.5 Å². The van der Waals surface area contributed by atoms with Crippen LogP contribution >= 0.6 is 11.3 Å². The molecule has 0 aliphatic heterocycles. The number of sulfonamides is 1. The molecule has 0 saturated carbocycles. The number of rotatable bonds is 6. The second-order valence-electron chi connectivity index (χ2n) is 2.82. The molecule has 0 spiro atoms. The van der Waals surface area contributed by atoms with Crippen molar-refractivity contribution in [2.75, 3.05) is 19.3 Å². The second-order valence-corrected chi connectivity index (χ2v) is 5.78. The van der Waals surface area contributed by atoms with Crippen molar-refractivity contribution in [3.05, 3.63) is 22.4 Å². The standard InChI is InChI=1S/C8H14N2O2S2/c1-9-4-6-14(11,12)10-7-8-3-2-5-13-8/h2-3,5,9-10H,4,6-7H2,1H3. The molecule has 6 heteroatoms. The Kier molecular flexibility index (Phi) is 4.53. The molecule has 0 fully saturated rings. The number of thiophene rings is 1. The lowest BCUT2D eigenvalue weighted by Gasteiger charge is -2.04. The van der Waals surface area contributed by atoms with Gasteiger partial charge >= 0.3 is 0 Å². The Bertz CT molecular complexity index is 345. The van der Waals surface area contributed by atoms with E-state index in [1.54, 1.807) is 18.4 Å². The van der Waals surface area contributed by atoms with Crippen molar-refractivity contribution in [2.45, 2.75) is 6.54 Å². The first kappa shape index (κ1) is 11.6. The largest absolute Gasteiger partial charge is 0.319 e. The van der Waals surface area contributed by atoms with Gasteiger partial charge in [0.1, 0.15) is 0 Å². The highest BCUT2D eigenvalue weighted by Crippen LogP contribution is 2.07. The van der Waals surface area contributed by atoms with E-state index in [1.807, 2.05) is 17.5 Å². The molecular weight excluding hydrogens is 220 g/mol. The van der Waals surface area contributed by atoms with E-state index in [0.717, 1.165) is 4.88 Å². The van der Waals surface area contributed by atoms with Crippen LogP contribution in [-0.4, -0.2) is 27.8 Å². The van der Waals surface area contributed by atoms with Gasteiger partial charge < -0.3 is 5.32 Å². The van der Waals surface area contributed by atoms with E-state index in [2.05, 4.69) is 10.0 Å². The third kappa shape index (κ3) is 4.19. The van der Waals surface area contributed by atoms with Crippen LogP contribution in [0, 0.1) is 0 Å². The van der Waals surface area contributed by atoms with Gasteiger partial charge in [0.25, 0.3) is 0 Å². The monoisotopic (exact) mass is 234 g/mol. The molecule has 0 unspecified atom stereocenters. The average Bonchev–Trinajstić information content (AvgIpc) is 2.64. The van der Waals surface area contributed by atoms with Crippen LogP contribution in [0.2, 0.25) is 0 Å². The summed E-state index contributed by atoms with van der Waals surface area (Å²) in [7, 11) is -1.39. The lowest BCUT2D eigenvalue weighted by molar-refractivity contribution is 0.579. The minimum absolute atomic E-state index is 0.120. The van der Waals surface area contributed by atoms with Gasteiger partial charge in [0.15, 0.2) is 0 Å². The lowest BCUT2D eigenvalue weighted by atomic mass is 10.5. The average molecular weight is 234 g/mol. The van der Waals surface area contributed by atoms with Gasteiger partial charge in [-0.15, -0.1) is 11.3 Å². The molecule has 0 saturated heterocycles. The highest BCUT2D eigenvalue weighted by molar-refractivity contribution is 7.89. The Morgan fingerprint density at radius 1 is 1.50 bits per heavy atom. The molecule has 4 nitrogen and oxygen atoms in total. The summed E-state index contributed by atoms with van der Waals surface area (Å²) >= 11 is 1.54. The predicted octanol–water partition coefficient (Wildman–Crippen LogP) is 0.387. The lowest BCUT2D eigenvalue weighted by Crippen LogP contribution is -2.30. The molecule has 0 aliphatic rings. The first-order chi connectivity index (χ1) is 6.64. The van der Waals surface area contributed by atoms with Crippen LogP contribution in [0.3, 0.4) is 0 Å². The van der Waals surface area contributed by atoms with Crippen molar-refractivity contribution in [1.82, 2.24) is 10.0 Å². The van der Waals surface area contributed by atoms with E-state index in [-0.39, 0.29) is 5.75 Å². The van der Waals surface area contributed by atoms with Gasteiger partial charge in [-0.2, -0.15) is 0 Å². The summed E-state index contributed by atoms with van der Waals surface area (Å²) < 4.78 is 25.2. The molecule has 1 aromatic heterocycles. The maximum atomic E-state index is 11.3. The SMILES string of the molecule is CNCCS(=O)(=O)NCc1cccs1. The zero-order chi connectivity index (χ0) is 10.4. The molecule has 0 amide bonds. The molecule has 0 aromatic carbocycles. The fourth-order valence-electron chi connectivity index (χ4n) is 0.903. The quantitative estimate of drug-likeness (QED) is 0.748. The zero-order valence-corrected chi connectivity index (χ0v) is 9.62. The molecule has 2 N–H and O–H groups in total. The molecule has 80 valence electrons. The van der Waals surface area contributed by atoms with Gasteiger partial charge in [-0.1, -0.05) is 6.07 Å². The maximum absolute atomic E-state index is 11.3. The molecule has 0 radical (unpaired) electrons. The van der Waals surface area contributed by atoms with Gasteiger partial charge in [0.05, 0.1) is 5.75 Å². The van der Waals surface area contributed by atoms with Crippen molar-refractivity contribution < 1.29 is 8.42 Å². The summed E-state index contributed by atoms with van der Waals surface area (Å²) in [5, 5.41) is 4.73.